The Kier molecular flexibility index (Phi) is 1.44. The average molecular weight is 184 g/mol. The standard InChI is InChI=1S/C11H8N2O/c1-2-4-10-8(3-1)5-11(14-10)9-6-12-13-7-9/h1-7H,(H,12,13). The third-order valence-corrected chi connectivity index (χ3v) is 2.21. The first-order chi connectivity index (χ1) is 6.93. The van der Waals surface area contributed by atoms with Gasteiger partial charge < -0.3 is 4.42 Å². The number of aromatic nitrogens is 2. The number of para-hydroxylation sites is 1. The first-order valence-corrected chi connectivity index (χ1v) is 4.41. The van der Waals surface area contributed by atoms with E-state index in [0.717, 1.165) is 22.3 Å². The molecule has 0 aliphatic heterocycles. The van der Waals surface area contributed by atoms with E-state index in [9.17, 15) is 0 Å². The maximum absolute atomic E-state index is 5.65. The summed E-state index contributed by atoms with van der Waals surface area (Å²) in [5.74, 6) is 0.847. The van der Waals surface area contributed by atoms with Gasteiger partial charge in [-0.3, -0.25) is 5.10 Å². The maximum atomic E-state index is 5.65. The monoisotopic (exact) mass is 184 g/mol. The minimum atomic E-state index is 0.847. The van der Waals surface area contributed by atoms with Gasteiger partial charge in [0.15, 0.2) is 0 Å². The fourth-order valence-electron chi connectivity index (χ4n) is 1.51. The van der Waals surface area contributed by atoms with Crippen LogP contribution in [0.25, 0.3) is 22.3 Å². The molecule has 1 aromatic carbocycles. The molecule has 0 bridgehead atoms. The van der Waals surface area contributed by atoms with Gasteiger partial charge in [0, 0.05) is 11.6 Å². The van der Waals surface area contributed by atoms with Crippen LogP contribution in [-0.2, 0) is 0 Å². The Labute approximate surface area is 80.4 Å². The fraction of sp³-hybridized carbons (Fsp3) is 0. The van der Waals surface area contributed by atoms with E-state index in [2.05, 4.69) is 10.2 Å². The molecule has 0 saturated heterocycles. The Morgan fingerprint density at radius 3 is 2.93 bits per heavy atom. The van der Waals surface area contributed by atoms with Crippen molar-refractivity contribution in [3.05, 3.63) is 42.7 Å². The molecule has 0 saturated carbocycles. The second-order valence-corrected chi connectivity index (χ2v) is 3.14. The van der Waals surface area contributed by atoms with Crippen LogP contribution in [0.4, 0.5) is 0 Å². The van der Waals surface area contributed by atoms with Crippen LogP contribution in [0.15, 0.2) is 47.1 Å². The first kappa shape index (κ1) is 7.38. The fourth-order valence-corrected chi connectivity index (χ4v) is 1.51. The van der Waals surface area contributed by atoms with E-state index < -0.39 is 0 Å². The Morgan fingerprint density at radius 1 is 1.21 bits per heavy atom. The number of rotatable bonds is 1. The molecule has 3 nitrogen and oxygen atoms in total. The van der Waals surface area contributed by atoms with E-state index in [1.807, 2.05) is 36.5 Å². The van der Waals surface area contributed by atoms with E-state index in [4.69, 9.17) is 4.42 Å². The minimum absolute atomic E-state index is 0.847. The summed E-state index contributed by atoms with van der Waals surface area (Å²) in [7, 11) is 0. The highest BCUT2D eigenvalue weighted by atomic mass is 16.3. The van der Waals surface area contributed by atoms with Crippen molar-refractivity contribution in [2.24, 2.45) is 0 Å². The number of hydrogen-bond donors (Lipinski definition) is 1. The summed E-state index contributed by atoms with van der Waals surface area (Å²) in [6.45, 7) is 0. The number of H-pyrrole nitrogens is 1. The van der Waals surface area contributed by atoms with E-state index in [1.165, 1.54) is 0 Å². The summed E-state index contributed by atoms with van der Waals surface area (Å²) in [4.78, 5) is 0. The molecule has 3 aromatic rings. The van der Waals surface area contributed by atoms with Crippen LogP contribution in [0.2, 0.25) is 0 Å². The van der Waals surface area contributed by atoms with Gasteiger partial charge in [0.25, 0.3) is 0 Å². The number of nitrogens with one attached hydrogen (secondary N) is 1. The molecule has 14 heavy (non-hydrogen) atoms. The summed E-state index contributed by atoms with van der Waals surface area (Å²) in [5, 5.41) is 7.76. The third kappa shape index (κ3) is 1.03. The Bertz CT molecular complexity index is 518. The zero-order valence-corrected chi connectivity index (χ0v) is 7.40. The molecule has 3 rings (SSSR count). The Balaban J connectivity index is 2.24. The van der Waals surface area contributed by atoms with E-state index in [-0.39, 0.29) is 0 Å². The molecule has 0 unspecified atom stereocenters. The lowest BCUT2D eigenvalue weighted by Gasteiger charge is -1.85. The molecule has 3 heteroatoms. The second kappa shape index (κ2) is 2.73. The quantitative estimate of drug-likeness (QED) is 0.631. The molecule has 68 valence electrons. The van der Waals surface area contributed by atoms with Crippen molar-refractivity contribution in [2.75, 3.05) is 0 Å². The van der Waals surface area contributed by atoms with E-state index >= 15 is 0 Å². The number of aromatic amines is 1. The van der Waals surface area contributed by atoms with Gasteiger partial charge in [-0.05, 0) is 12.1 Å². The normalized spacial score (nSPS) is 10.9. The van der Waals surface area contributed by atoms with Crippen LogP contribution in [0.5, 0.6) is 0 Å². The van der Waals surface area contributed by atoms with Crippen LogP contribution in [0.1, 0.15) is 0 Å². The van der Waals surface area contributed by atoms with Crippen LogP contribution in [-0.4, -0.2) is 10.2 Å². The van der Waals surface area contributed by atoms with E-state index in [1.54, 1.807) is 6.20 Å². The lowest BCUT2D eigenvalue weighted by Crippen LogP contribution is -1.63. The smallest absolute Gasteiger partial charge is 0.138 e. The van der Waals surface area contributed by atoms with Crippen molar-refractivity contribution in [1.29, 1.82) is 0 Å². The van der Waals surface area contributed by atoms with Crippen LogP contribution in [0.3, 0.4) is 0 Å². The zero-order chi connectivity index (χ0) is 9.38. The SMILES string of the molecule is c1ccc2oc(-c3cn[nH]c3)cc2c1. The third-order valence-electron chi connectivity index (χ3n) is 2.21. The number of hydrogen-bond acceptors (Lipinski definition) is 2. The minimum Gasteiger partial charge on any atom is -0.456 e. The van der Waals surface area contributed by atoms with Gasteiger partial charge in [0.1, 0.15) is 11.3 Å². The topological polar surface area (TPSA) is 41.8 Å². The highest BCUT2D eigenvalue weighted by Gasteiger charge is 2.05. The first-order valence-electron chi connectivity index (χ1n) is 4.41. The van der Waals surface area contributed by atoms with Crippen molar-refractivity contribution in [2.45, 2.75) is 0 Å². The lowest BCUT2D eigenvalue weighted by molar-refractivity contribution is 0.631. The highest BCUT2D eigenvalue weighted by Crippen LogP contribution is 2.26. The van der Waals surface area contributed by atoms with Gasteiger partial charge >= 0.3 is 0 Å². The molecule has 2 heterocycles. The lowest BCUT2D eigenvalue weighted by atomic mass is 10.2. The van der Waals surface area contributed by atoms with Gasteiger partial charge in [-0.15, -0.1) is 0 Å². The molecule has 0 aliphatic rings. The second-order valence-electron chi connectivity index (χ2n) is 3.14. The summed E-state index contributed by atoms with van der Waals surface area (Å²) in [6, 6.07) is 9.96. The van der Waals surface area contributed by atoms with Gasteiger partial charge in [-0.2, -0.15) is 5.10 Å². The molecule has 0 aliphatic carbocycles. The van der Waals surface area contributed by atoms with Gasteiger partial charge in [0.05, 0.1) is 11.8 Å². The average Bonchev–Trinajstić information content (AvgIpc) is 2.86. The number of nitrogens with zero attached hydrogens (tertiary/aromatic N) is 1. The Morgan fingerprint density at radius 2 is 2.14 bits per heavy atom. The molecular formula is C11H8N2O. The summed E-state index contributed by atoms with van der Waals surface area (Å²) < 4.78 is 5.65. The molecule has 0 spiro atoms. The molecular weight excluding hydrogens is 176 g/mol. The highest BCUT2D eigenvalue weighted by molar-refractivity contribution is 5.82. The van der Waals surface area contributed by atoms with Crippen LogP contribution < -0.4 is 0 Å². The molecule has 0 fully saturated rings. The van der Waals surface area contributed by atoms with Gasteiger partial charge in [-0.25, -0.2) is 0 Å². The molecule has 0 radical (unpaired) electrons. The summed E-state index contributed by atoms with van der Waals surface area (Å²) in [5.41, 5.74) is 1.88. The summed E-state index contributed by atoms with van der Waals surface area (Å²) >= 11 is 0. The number of furan rings is 1. The molecule has 0 amide bonds. The van der Waals surface area contributed by atoms with Crippen molar-refractivity contribution < 1.29 is 4.42 Å². The van der Waals surface area contributed by atoms with Crippen molar-refractivity contribution >= 4 is 11.0 Å². The molecule has 1 N–H and O–H groups in total. The predicted molar refractivity (Wildman–Crippen MR) is 53.8 cm³/mol. The zero-order valence-electron chi connectivity index (χ0n) is 7.40. The molecule has 2 aromatic heterocycles. The van der Waals surface area contributed by atoms with Gasteiger partial charge in [-0.1, -0.05) is 18.2 Å². The summed E-state index contributed by atoms with van der Waals surface area (Å²) in [6.07, 6.45) is 3.56. The molecule has 0 atom stereocenters. The number of benzene rings is 1. The van der Waals surface area contributed by atoms with Crippen LogP contribution >= 0.6 is 0 Å². The van der Waals surface area contributed by atoms with Gasteiger partial charge in [0.2, 0.25) is 0 Å². The Hall–Kier alpha value is -2.03. The van der Waals surface area contributed by atoms with Crippen LogP contribution in [0, 0.1) is 0 Å². The van der Waals surface area contributed by atoms with Crippen molar-refractivity contribution in [1.82, 2.24) is 10.2 Å². The number of fused-ring (bicyclic) bond motifs is 1. The van der Waals surface area contributed by atoms with E-state index in [0.29, 0.717) is 0 Å². The largest absolute Gasteiger partial charge is 0.456 e. The van der Waals surface area contributed by atoms with Crippen molar-refractivity contribution in [3.8, 4) is 11.3 Å². The predicted octanol–water partition coefficient (Wildman–Crippen LogP) is 2.82. The van der Waals surface area contributed by atoms with Crippen molar-refractivity contribution in [3.63, 3.8) is 0 Å². The maximum Gasteiger partial charge on any atom is 0.138 e.